The van der Waals surface area contributed by atoms with Crippen LogP contribution in [0.2, 0.25) is 0 Å². The molecule has 3 aromatic carbocycles. The molecule has 0 atom stereocenters. The fourth-order valence-corrected chi connectivity index (χ4v) is 5.23. The number of ether oxygens (including phenoxy) is 3. The summed E-state index contributed by atoms with van der Waals surface area (Å²) in [5.74, 6) is 1.19. The zero-order chi connectivity index (χ0) is 35.0. The van der Waals surface area contributed by atoms with Gasteiger partial charge in [0.05, 0.1) is 25.6 Å². The molecule has 1 aromatic heterocycles. The van der Waals surface area contributed by atoms with Gasteiger partial charge < -0.3 is 29.3 Å². The van der Waals surface area contributed by atoms with Gasteiger partial charge in [-0.25, -0.2) is 9.78 Å². The van der Waals surface area contributed by atoms with Gasteiger partial charge in [0, 0.05) is 56.1 Å². The highest BCUT2D eigenvalue weighted by Gasteiger charge is 2.21. The summed E-state index contributed by atoms with van der Waals surface area (Å²) < 4.78 is 16.6. The number of carbonyl (C=O) groups is 2. The zero-order valence-corrected chi connectivity index (χ0v) is 29.4. The van der Waals surface area contributed by atoms with Gasteiger partial charge in [0.2, 0.25) is 11.8 Å². The van der Waals surface area contributed by atoms with Crippen molar-refractivity contribution in [1.82, 2.24) is 19.8 Å². The Bertz CT molecular complexity index is 1760. The number of carbonyl (C=O) groups excluding carboxylic acids is 2. The van der Waals surface area contributed by atoms with Crippen molar-refractivity contribution in [3.8, 4) is 28.6 Å². The van der Waals surface area contributed by atoms with Gasteiger partial charge in [-0.3, -0.25) is 9.69 Å². The van der Waals surface area contributed by atoms with Crippen LogP contribution < -0.4 is 24.4 Å². The summed E-state index contributed by atoms with van der Waals surface area (Å²) in [5, 5.41) is 3.23. The fourth-order valence-electron chi connectivity index (χ4n) is 5.23. The fraction of sp³-hybridized carbons (Fsp3) is 0.351. The molecular weight excluding hydrogens is 608 g/mol. The number of amides is 2. The van der Waals surface area contributed by atoms with Crippen molar-refractivity contribution < 1.29 is 23.8 Å². The number of methoxy groups -OCH3 is 2. The van der Waals surface area contributed by atoms with E-state index in [1.807, 2.05) is 38.2 Å². The highest BCUT2D eigenvalue weighted by Crippen LogP contribution is 2.33. The number of hydrogen-bond donors (Lipinski definition) is 1. The minimum absolute atomic E-state index is 0.0437. The number of hydrogen-bond acceptors (Lipinski definition) is 9. The van der Waals surface area contributed by atoms with Crippen molar-refractivity contribution in [2.24, 2.45) is 0 Å². The molecule has 0 radical (unpaired) electrons. The number of likely N-dealkylation sites (N-methyl/N-ethyl adjacent to an activating group) is 2. The minimum atomic E-state index is -0.686. The van der Waals surface area contributed by atoms with E-state index in [0.717, 1.165) is 41.9 Å². The SMILES string of the molecule is CCN(CC)CCN(C)C(=O)c1cccc(Nc2nc(OC(=O)N(C)c3cc(OC)ccc3OC)cc(-c3ccc(C)c(C)c3C)n2)c1. The molecule has 0 aliphatic carbocycles. The summed E-state index contributed by atoms with van der Waals surface area (Å²) in [6.45, 7) is 13.7. The molecule has 0 bridgehead atoms. The highest BCUT2D eigenvalue weighted by atomic mass is 16.6. The number of nitrogens with one attached hydrogen (secondary N) is 1. The molecule has 4 rings (SSSR count). The third-order valence-corrected chi connectivity index (χ3v) is 8.61. The molecule has 0 saturated carbocycles. The molecule has 2 amide bonds. The maximum absolute atomic E-state index is 13.5. The summed E-state index contributed by atoms with van der Waals surface area (Å²) >= 11 is 0. The lowest BCUT2D eigenvalue weighted by Gasteiger charge is -2.23. The predicted octanol–water partition coefficient (Wildman–Crippen LogP) is 6.88. The van der Waals surface area contributed by atoms with E-state index in [0.29, 0.717) is 40.7 Å². The Hall–Kier alpha value is -5.16. The molecule has 1 N–H and O–H groups in total. The maximum atomic E-state index is 13.5. The van der Waals surface area contributed by atoms with Crippen LogP contribution >= 0.6 is 0 Å². The van der Waals surface area contributed by atoms with Gasteiger partial charge in [-0.15, -0.1) is 0 Å². The molecule has 0 aliphatic heterocycles. The predicted molar refractivity (Wildman–Crippen MR) is 190 cm³/mol. The van der Waals surface area contributed by atoms with Crippen LogP contribution in [0.25, 0.3) is 11.3 Å². The first-order valence-electron chi connectivity index (χ1n) is 16.0. The monoisotopic (exact) mass is 654 g/mol. The number of benzene rings is 3. The molecule has 11 nitrogen and oxygen atoms in total. The van der Waals surface area contributed by atoms with Crippen LogP contribution in [-0.2, 0) is 0 Å². The normalized spacial score (nSPS) is 10.9. The molecule has 0 saturated heterocycles. The molecule has 11 heteroatoms. The van der Waals surface area contributed by atoms with Crippen LogP contribution in [0.3, 0.4) is 0 Å². The quantitative estimate of drug-likeness (QED) is 0.165. The third kappa shape index (κ3) is 8.40. The molecule has 4 aromatic rings. The van der Waals surface area contributed by atoms with Crippen LogP contribution in [0, 0.1) is 20.8 Å². The Labute approximate surface area is 283 Å². The smallest absolute Gasteiger partial charge is 0.420 e. The Morgan fingerprint density at radius 2 is 1.58 bits per heavy atom. The maximum Gasteiger partial charge on any atom is 0.420 e. The molecule has 254 valence electrons. The van der Waals surface area contributed by atoms with Gasteiger partial charge in [-0.1, -0.05) is 32.0 Å². The lowest BCUT2D eigenvalue weighted by molar-refractivity contribution is 0.0779. The van der Waals surface area contributed by atoms with Crippen molar-refractivity contribution in [1.29, 1.82) is 0 Å². The van der Waals surface area contributed by atoms with E-state index in [-0.39, 0.29) is 17.7 Å². The van der Waals surface area contributed by atoms with Crippen molar-refractivity contribution >= 4 is 29.3 Å². The number of aryl methyl sites for hydroxylation is 1. The van der Waals surface area contributed by atoms with Gasteiger partial charge in [0.1, 0.15) is 11.5 Å². The largest absolute Gasteiger partial charge is 0.497 e. The molecule has 0 spiro atoms. The molecule has 0 aliphatic rings. The van der Waals surface area contributed by atoms with Gasteiger partial charge in [-0.2, -0.15) is 4.98 Å². The van der Waals surface area contributed by atoms with Crippen LogP contribution in [-0.4, -0.2) is 86.3 Å². The lowest BCUT2D eigenvalue weighted by Crippen LogP contribution is -2.36. The standard InChI is InChI=1S/C37H46N6O5/c1-10-43(11-2)20-19-41(6)35(44)27-13-12-14-28(21-27)38-36-39-31(30-17-15-24(3)25(4)26(30)5)23-34(40-36)48-37(45)42(7)32-22-29(46-8)16-18-33(32)47-9/h12-18,21-23H,10-11,19-20H2,1-9H3,(H,38,39,40). The van der Waals surface area contributed by atoms with Gasteiger partial charge >= 0.3 is 6.09 Å². The van der Waals surface area contributed by atoms with Crippen LogP contribution in [0.15, 0.2) is 60.7 Å². The van der Waals surface area contributed by atoms with Gasteiger partial charge in [-0.05, 0) is 80.9 Å². The summed E-state index contributed by atoms with van der Waals surface area (Å²) in [6, 6.07) is 18.0. The molecule has 0 unspecified atom stereocenters. The Kier molecular flexibility index (Phi) is 12.0. The average Bonchev–Trinajstić information content (AvgIpc) is 3.09. The summed E-state index contributed by atoms with van der Waals surface area (Å²) in [5.41, 5.74) is 6.40. The molecular formula is C37H46N6O5. The van der Waals surface area contributed by atoms with Crippen LogP contribution in [0.5, 0.6) is 17.4 Å². The number of nitrogens with zero attached hydrogens (tertiary/aromatic N) is 5. The molecule has 48 heavy (non-hydrogen) atoms. The second-order valence-corrected chi connectivity index (χ2v) is 11.5. The second kappa shape index (κ2) is 16.1. The van der Waals surface area contributed by atoms with Crippen molar-refractivity contribution in [3.05, 3.63) is 82.9 Å². The van der Waals surface area contributed by atoms with E-state index in [1.54, 1.807) is 55.5 Å². The van der Waals surface area contributed by atoms with E-state index in [4.69, 9.17) is 19.2 Å². The Balaban J connectivity index is 1.66. The van der Waals surface area contributed by atoms with E-state index in [2.05, 4.69) is 42.9 Å². The van der Waals surface area contributed by atoms with Gasteiger partial charge in [0.25, 0.3) is 5.91 Å². The second-order valence-electron chi connectivity index (χ2n) is 11.5. The van der Waals surface area contributed by atoms with Crippen LogP contribution in [0.1, 0.15) is 40.9 Å². The minimum Gasteiger partial charge on any atom is -0.497 e. The van der Waals surface area contributed by atoms with E-state index in [9.17, 15) is 9.59 Å². The molecule has 1 heterocycles. The van der Waals surface area contributed by atoms with Gasteiger partial charge in [0.15, 0.2) is 0 Å². The topological polar surface area (TPSA) is 109 Å². The van der Waals surface area contributed by atoms with E-state index in [1.165, 1.54) is 12.0 Å². The first-order chi connectivity index (χ1) is 23.0. The average molecular weight is 655 g/mol. The first-order valence-corrected chi connectivity index (χ1v) is 16.0. The highest BCUT2D eigenvalue weighted by molar-refractivity contribution is 5.95. The number of aromatic nitrogens is 2. The Morgan fingerprint density at radius 1 is 0.833 bits per heavy atom. The van der Waals surface area contributed by atoms with E-state index >= 15 is 0 Å². The lowest BCUT2D eigenvalue weighted by atomic mass is 9.97. The van der Waals surface area contributed by atoms with E-state index < -0.39 is 6.09 Å². The van der Waals surface area contributed by atoms with Crippen molar-refractivity contribution in [3.63, 3.8) is 0 Å². The van der Waals surface area contributed by atoms with Crippen molar-refractivity contribution in [2.75, 3.05) is 64.7 Å². The summed E-state index contributed by atoms with van der Waals surface area (Å²) in [6.07, 6.45) is -0.686. The number of rotatable bonds is 13. The summed E-state index contributed by atoms with van der Waals surface area (Å²) in [4.78, 5) is 41.4. The van der Waals surface area contributed by atoms with Crippen LogP contribution in [0.4, 0.5) is 22.1 Å². The number of anilines is 3. The Morgan fingerprint density at radius 3 is 2.27 bits per heavy atom. The summed E-state index contributed by atoms with van der Waals surface area (Å²) in [7, 11) is 6.46. The zero-order valence-electron chi connectivity index (χ0n) is 29.4. The third-order valence-electron chi connectivity index (χ3n) is 8.61. The van der Waals surface area contributed by atoms with Crippen molar-refractivity contribution in [2.45, 2.75) is 34.6 Å². The molecule has 0 fully saturated rings. The first kappa shape index (κ1) is 35.7.